The van der Waals surface area contributed by atoms with Crippen LogP contribution in [-0.4, -0.2) is 29.0 Å². The number of benzene rings is 1. The average Bonchev–Trinajstić information content (AvgIpc) is 2.95. The Morgan fingerprint density at radius 2 is 1.94 bits per heavy atom. The number of aromatic amines is 1. The van der Waals surface area contributed by atoms with Crippen molar-refractivity contribution in [2.75, 3.05) is 7.11 Å². The van der Waals surface area contributed by atoms with E-state index in [-0.39, 0.29) is 16.8 Å². The van der Waals surface area contributed by atoms with E-state index < -0.39 is 59.1 Å². The number of hydrogen-bond donors (Lipinski definition) is 2. The van der Waals surface area contributed by atoms with Gasteiger partial charge in [-0.1, -0.05) is 13.0 Å². The van der Waals surface area contributed by atoms with Gasteiger partial charge in [-0.15, -0.1) is 0 Å². The van der Waals surface area contributed by atoms with Gasteiger partial charge in [-0.25, -0.2) is 4.39 Å². The monoisotopic (exact) mass is 447 g/mol. The number of aliphatic hydroxyl groups excluding tert-OH is 1. The SMILES string of the molecule is COc1c([C@H]2[C@H](c3[nH]c(C)cc(=O)c3CO)O[C@@](C)(C(F)(F)F)[C@H]2C)ccc(F)c1F. The number of rotatable bonds is 4. The smallest absolute Gasteiger partial charge is 0.417 e. The molecule has 0 bridgehead atoms. The largest absolute Gasteiger partial charge is 0.493 e. The predicted octanol–water partition coefficient (Wildman–Crippen LogP) is 4.27. The second kappa shape index (κ2) is 7.90. The predicted molar refractivity (Wildman–Crippen MR) is 101 cm³/mol. The Morgan fingerprint density at radius 3 is 2.48 bits per heavy atom. The van der Waals surface area contributed by atoms with E-state index in [2.05, 4.69) is 4.98 Å². The summed E-state index contributed by atoms with van der Waals surface area (Å²) < 4.78 is 80.8. The van der Waals surface area contributed by atoms with Gasteiger partial charge in [0.15, 0.2) is 22.6 Å². The van der Waals surface area contributed by atoms with Gasteiger partial charge in [0.1, 0.15) is 6.10 Å². The fourth-order valence-electron chi connectivity index (χ4n) is 4.21. The van der Waals surface area contributed by atoms with Crippen molar-refractivity contribution < 1.29 is 36.5 Å². The summed E-state index contributed by atoms with van der Waals surface area (Å²) in [5, 5.41) is 9.71. The summed E-state index contributed by atoms with van der Waals surface area (Å²) in [5.41, 5.74) is -3.18. The van der Waals surface area contributed by atoms with Crippen molar-refractivity contribution in [3.8, 4) is 5.75 Å². The highest BCUT2D eigenvalue weighted by atomic mass is 19.4. The minimum atomic E-state index is -4.81. The number of alkyl halides is 3. The Hall–Kier alpha value is -2.46. The van der Waals surface area contributed by atoms with Crippen molar-refractivity contribution in [1.82, 2.24) is 4.98 Å². The standard InChI is InChI=1S/C21H22F5NO4/c1-9-7-14(29)12(8-28)17(27-9)19-15(10(2)20(3,31-19)21(24,25)26)11-5-6-13(22)16(23)18(11)30-4/h5-7,10,15,19,28H,8H2,1-4H3,(H,27,29)/t10-,15-,19+,20+/m0/s1. The highest BCUT2D eigenvalue weighted by Crippen LogP contribution is 2.59. The molecule has 1 aliphatic heterocycles. The molecule has 3 rings (SSSR count). The van der Waals surface area contributed by atoms with Gasteiger partial charge < -0.3 is 19.6 Å². The molecule has 2 N–H and O–H groups in total. The Bertz CT molecular complexity index is 1050. The number of halogens is 5. The van der Waals surface area contributed by atoms with Gasteiger partial charge in [0.2, 0.25) is 5.82 Å². The molecule has 0 saturated carbocycles. The summed E-state index contributed by atoms with van der Waals surface area (Å²) in [4.78, 5) is 15.2. The third-order valence-corrected chi connectivity index (χ3v) is 6.06. The summed E-state index contributed by atoms with van der Waals surface area (Å²) in [5.74, 6) is -5.57. The fourth-order valence-corrected chi connectivity index (χ4v) is 4.21. The highest BCUT2D eigenvalue weighted by molar-refractivity contribution is 5.42. The van der Waals surface area contributed by atoms with E-state index in [1.807, 2.05) is 0 Å². The molecule has 1 aromatic heterocycles. The molecule has 1 saturated heterocycles. The zero-order valence-electron chi connectivity index (χ0n) is 17.2. The fraction of sp³-hybridized carbons (Fsp3) is 0.476. The molecule has 0 spiro atoms. The third-order valence-electron chi connectivity index (χ3n) is 6.06. The van der Waals surface area contributed by atoms with Gasteiger partial charge in [0, 0.05) is 34.7 Å². The molecule has 1 fully saturated rings. The van der Waals surface area contributed by atoms with E-state index in [0.717, 1.165) is 26.2 Å². The number of H-pyrrole nitrogens is 1. The maximum Gasteiger partial charge on any atom is 0.417 e. The number of aromatic nitrogens is 1. The van der Waals surface area contributed by atoms with Crippen LogP contribution in [0, 0.1) is 24.5 Å². The van der Waals surface area contributed by atoms with Gasteiger partial charge in [0.25, 0.3) is 0 Å². The van der Waals surface area contributed by atoms with E-state index in [1.54, 1.807) is 0 Å². The van der Waals surface area contributed by atoms with Gasteiger partial charge in [-0.3, -0.25) is 4.79 Å². The molecule has 2 aromatic rings. The minimum absolute atomic E-state index is 0.0434. The third kappa shape index (κ3) is 3.61. The maximum absolute atomic E-state index is 14.4. The molecule has 0 radical (unpaired) electrons. The van der Waals surface area contributed by atoms with E-state index in [0.29, 0.717) is 5.69 Å². The lowest BCUT2D eigenvalue weighted by atomic mass is 9.76. The van der Waals surface area contributed by atoms with Crippen LogP contribution in [0.15, 0.2) is 23.0 Å². The first-order valence-electron chi connectivity index (χ1n) is 9.47. The van der Waals surface area contributed by atoms with Crippen molar-refractivity contribution in [2.24, 2.45) is 5.92 Å². The van der Waals surface area contributed by atoms with Crippen molar-refractivity contribution >= 4 is 0 Å². The zero-order chi connectivity index (χ0) is 23.3. The van der Waals surface area contributed by atoms with Crippen LogP contribution in [0.2, 0.25) is 0 Å². The molecule has 5 nitrogen and oxygen atoms in total. The van der Waals surface area contributed by atoms with Crippen LogP contribution < -0.4 is 10.2 Å². The topological polar surface area (TPSA) is 71.6 Å². The number of hydrogen-bond acceptors (Lipinski definition) is 4. The number of ether oxygens (including phenoxy) is 2. The molecule has 170 valence electrons. The lowest BCUT2D eigenvalue weighted by Crippen LogP contribution is -2.46. The zero-order valence-corrected chi connectivity index (χ0v) is 17.2. The molecule has 1 aromatic carbocycles. The first kappa shape index (κ1) is 23.2. The lowest BCUT2D eigenvalue weighted by molar-refractivity contribution is -0.275. The molecule has 0 aliphatic carbocycles. The molecule has 1 aliphatic rings. The number of methoxy groups -OCH3 is 1. The molecular weight excluding hydrogens is 425 g/mol. The number of nitrogens with one attached hydrogen (secondary N) is 1. The van der Waals surface area contributed by atoms with Crippen LogP contribution in [0.3, 0.4) is 0 Å². The van der Waals surface area contributed by atoms with Gasteiger partial charge >= 0.3 is 6.18 Å². The van der Waals surface area contributed by atoms with Crippen molar-refractivity contribution in [3.63, 3.8) is 0 Å². The van der Waals surface area contributed by atoms with Crippen LogP contribution in [0.25, 0.3) is 0 Å². The lowest BCUT2D eigenvalue weighted by Gasteiger charge is -2.32. The summed E-state index contributed by atoms with van der Waals surface area (Å²) in [6.45, 7) is 2.93. The molecule has 0 amide bonds. The van der Waals surface area contributed by atoms with Crippen LogP contribution in [-0.2, 0) is 11.3 Å². The molecule has 10 heteroatoms. The maximum atomic E-state index is 14.4. The minimum Gasteiger partial charge on any atom is -0.493 e. The first-order valence-corrected chi connectivity index (χ1v) is 9.47. The van der Waals surface area contributed by atoms with E-state index in [9.17, 15) is 31.9 Å². The normalized spacial score (nSPS) is 26.3. The Labute approximate surface area is 174 Å². The van der Waals surface area contributed by atoms with E-state index in [1.165, 1.54) is 19.9 Å². The van der Waals surface area contributed by atoms with Crippen molar-refractivity contribution in [2.45, 2.75) is 51.2 Å². The summed E-state index contributed by atoms with van der Waals surface area (Å²) in [6, 6.07) is 3.14. The second-order valence-electron chi connectivity index (χ2n) is 7.81. The Morgan fingerprint density at radius 1 is 1.29 bits per heavy atom. The number of aliphatic hydroxyl groups is 1. The van der Waals surface area contributed by atoms with Crippen LogP contribution in [0.1, 0.15) is 48.4 Å². The van der Waals surface area contributed by atoms with E-state index in [4.69, 9.17) is 9.47 Å². The van der Waals surface area contributed by atoms with Gasteiger partial charge in [-0.05, 0) is 19.9 Å². The van der Waals surface area contributed by atoms with Gasteiger partial charge in [0.05, 0.1) is 19.4 Å². The van der Waals surface area contributed by atoms with Crippen LogP contribution in [0.4, 0.5) is 22.0 Å². The Kier molecular flexibility index (Phi) is 5.92. The van der Waals surface area contributed by atoms with E-state index >= 15 is 0 Å². The van der Waals surface area contributed by atoms with Crippen molar-refractivity contribution in [3.05, 3.63) is 62.6 Å². The molecule has 31 heavy (non-hydrogen) atoms. The molecular formula is C21H22F5NO4. The quantitative estimate of drug-likeness (QED) is 0.687. The highest BCUT2D eigenvalue weighted by Gasteiger charge is 2.65. The molecule has 0 unspecified atom stereocenters. The molecule has 2 heterocycles. The average molecular weight is 447 g/mol. The van der Waals surface area contributed by atoms with Crippen molar-refractivity contribution in [1.29, 1.82) is 0 Å². The summed E-state index contributed by atoms with van der Waals surface area (Å²) in [6.07, 6.45) is -6.23. The number of pyridine rings is 1. The summed E-state index contributed by atoms with van der Waals surface area (Å²) >= 11 is 0. The second-order valence-corrected chi connectivity index (χ2v) is 7.81. The number of aryl methyl sites for hydroxylation is 1. The first-order chi connectivity index (χ1) is 14.4. The van der Waals surface area contributed by atoms with Crippen LogP contribution in [0.5, 0.6) is 5.75 Å². The van der Waals surface area contributed by atoms with Crippen LogP contribution >= 0.6 is 0 Å². The molecule has 4 atom stereocenters. The van der Waals surface area contributed by atoms with Gasteiger partial charge in [-0.2, -0.15) is 17.6 Å². The Balaban J connectivity index is 2.32. The summed E-state index contributed by atoms with van der Waals surface area (Å²) in [7, 11) is 1.08.